The Morgan fingerprint density at radius 1 is 1.35 bits per heavy atom. The number of pyridine rings is 1. The molecule has 2 aromatic heterocycles. The molecule has 0 aliphatic carbocycles. The van der Waals surface area contributed by atoms with E-state index in [1.165, 1.54) is 0 Å². The number of fused-ring (bicyclic) bond motifs is 1. The Labute approximate surface area is 100 Å². The molecular formula is C13H15N3O. The third kappa shape index (κ3) is 1.74. The Morgan fingerprint density at radius 3 is 2.59 bits per heavy atom. The molecule has 0 aliphatic rings. The highest BCUT2D eigenvalue weighted by Crippen LogP contribution is 2.29. The number of hydrogen-bond donors (Lipinski definition) is 0. The van der Waals surface area contributed by atoms with Crippen molar-refractivity contribution in [2.75, 3.05) is 7.11 Å². The predicted octanol–water partition coefficient (Wildman–Crippen LogP) is 2.51. The fourth-order valence-corrected chi connectivity index (χ4v) is 1.89. The first-order valence-corrected chi connectivity index (χ1v) is 5.44. The van der Waals surface area contributed by atoms with E-state index in [9.17, 15) is 0 Å². The topological polar surface area (TPSA) is 50.3 Å². The van der Waals surface area contributed by atoms with E-state index in [1.807, 2.05) is 12.1 Å². The van der Waals surface area contributed by atoms with E-state index in [4.69, 9.17) is 10.00 Å². The first-order chi connectivity index (χ1) is 7.99. The van der Waals surface area contributed by atoms with Gasteiger partial charge in [-0.3, -0.25) is 4.40 Å². The molecule has 2 heterocycles. The molecule has 0 N–H and O–H groups in total. The molecule has 0 bridgehead atoms. The summed E-state index contributed by atoms with van der Waals surface area (Å²) in [6.07, 6.45) is 1.58. The third-order valence-electron chi connectivity index (χ3n) is 2.75. The second-order valence-electron chi connectivity index (χ2n) is 4.95. The van der Waals surface area contributed by atoms with E-state index in [0.29, 0.717) is 11.6 Å². The standard InChI is InChI=1S/C13H15N3O/c1-13(2,3)10-5-6-11(17-4)16-9(7-14)8-15-12(10)16/h5-6,8H,1-4H3. The molecule has 4 nitrogen and oxygen atoms in total. The summed E-state index contributed by atoms with van der Waals surface area (Å²) in [5, 5.41) is 9.07. The first kappa shape index (κ1) is 11.5. The SMILES string of the molecule is COc1ccc(C(C)(C)C)c2ncc(C#N)n12. The molecule has 0 saturated heterocycles. The molecule has 0 aromatic carbocycles. The summed E-state index contributed by atoms with van der Waals surface area (Å²) in [6, 6.07) is 6.00. The molecule has 2 rings (SSSR count). The van der Waals surface area contributed by atoms with E-state index in [2.05, 4.69) is 31.8 Å². The number of ether oxygens (including phenoxy) is 1. The maximum atomic E-state index is 9.07. The number of imidazole rings is 1. The molecule has 88 valence electrons. The van der Waals surface area contributed by atoms with Crippen LogP contribution in [0.25, 0.3) is 5.65 Å². The summed E-state index contributed by atoms with van der Waals surface area (Å²) in [6.45, 7) is 6.36. The maximum Gasteiger partial charge on any atom is 0.200 e. The quantitative estimate of drug-likeness (QED) is 0.755. The molecular weight excluding hydrogens is 214 g/mol. The van der Waals surface area contributed by atoms with Gasteiger partial charge in [0.15, 0.2) is 5.88 Å². The normalized spacial score (nSPS) is 11.5. The van der Waals surface area contributed by atoms with Gasteiger partial charge in [0.25, 0.3) is 0 Å². The van der Waals surface area contributed by atoms with Gasteiger partial charge in [-0.2, -0.15) is 5.26 Å². The largest absolute Gasteiger partial charge is 0.482 e. The summed E-state index contributed by atoms with van der Waals surface area (Å²) < 4.78 is 7.02. The van der Waals surface area contributed by atoms with Gasteiger partial charge in [0.2, 0.25) is 0 Å². The van der Waals surface area contributed by atoms with Gasteiger partial charge in [-0.25, -0.2) is 4.98 Å². The van der Waals surface area contributed by atoms with Crippen molar-refractivity contribution in [3.8, 4) is 11.9 Å². The number of nitrogens with zero attached hydrogens (tertiary/aromatic N) is 3. The highest BCUT2D eigenvalue weighted by Gasteiger charge is 2.21. The molecule has 0 aliphatic heterocycles. The Kier molecular flexibility index (Phi) is 2.55. The molecule has 0 spiro atoms. The van der Waals surface area contributed by atoms with E-state index < -0.39 is 0 Å². The fourth-order valence-electron chi connectivity index (χ4n) is 1.89. The van der Waals surface area contributed by atoms with Crippen LogP contribution in [0.3, 0.4) is 0 Å². The van der Waals surface area contributed by atoms with E-state index >= 15 is 0 Å². The highest BCUT2D eigenvalue weighted by atomic mass is 16.5. The monoisotopic (exact) mass is 229 g/mol. The molecule has 0 radical (unpaired) electrons. The first-order valence-electron chi connectivity index (χ1n) is 5.44. The van der Waals surface area contributed by atoms with Crippen LogP contribution in [0.15, 0.2) is 18.3 Å². The van der Waals surface area contributed by atoms with Crippen molar-refractivity contribution in [3.05, 3.63) is 29.6 Å². The second kappa shape index (κ2) is 3.77. The average molecular weight is 229 g/mol. The minimum absolute atomic E-state index is 0.0222. The number of nitriles is 1. The highest BCUT2D eigenvalue weighted by molar-refractivity contribution is 5.56. The summed E-state index contributed by atoms with van der Waals surface area (Å²) >= 11 is 0. The Hall–Kier alpha value is -2.02. The van der Waals surface area contributed by atoms with Crippen molar-refractivity contribution in [1.82, 2.24) is 9.38 Å². The van der Waals surface area contributed by atoms with Gasteiger partial charge < -0.3 is 4.74 Å². The van der Waals surface area contributed by atoms with Crippen LogP contribution in [-0.2, 0) is 5.41 Å². The van der Waals surface area contributed by atoms with Crippen LogP contribution in [0.2, 0.25) is 0 Å². The molecule has 4 heteroatoms. The lowest BCUT2D eigenvalue weighted by Crippen LogP contribution is -2.13. The maximum absolute atomic E-state index is 9.07. The lowest BCUT2D eigenvalue weighted by molar-refractivity contribution is 0.391. The molecule has 0 saturated carbocycles. The number of aromatic nitrogens is 2. The van der Waals surface area contributed by atoms with Crippen LogP contribution in [0, 0.1) is 11.3 Å². The van der Waals surface area contributed by atoms with E-state index in [1.54, 1.807) is 17.7 Å². The van der Waals surface area contributed by atoms with E-state index in [0.717, 1.165) is 11.2 Å². The van der Waals surface area contributed by atoms with Crippen molar-refractivity contribution >= 4 is 5.65 Å². The van der Waals surface area contributed by atoms with Crippen LogP contribution in [0.1, 0.15) is 32.0 Å². The summed E-state index contributed by atoms with van der Waals surface area (Å²) in [7, 11) is 1.59. The Morgan fingerprint density at radius 2 is 2.06 bits per heavy atom. The average Bonchev–Trinajstić information content (AvgIpc) is 2.69. The van der Waals surface area contributed by atoms with Gasteiger partial charge in [0.1, 0.15) is 17.4 Å². The summed E-state index contributed by atoms with van der Waals surface area (Å²) in [5.74, 6) is 0.627. The van der Waals surface area contributed by atoms with Crippen molar-refractivity contribution in [2.24, 2.45) is 0 Å². The molecule has 17 heavy (non-hydrogen) atoms. The number of methoxy groups -OCH3 is 1. The minimum atomic E-state index is -0.0222. The van der Waals surface area contributed by atoms with Crippen molar-refractivity contribution in [3.63, 3.8) is 0 Å². The van der Waals surface area contributed by atoms with Crippen molar-refractivity contribution in [2.45, 2.75) is 26.2 Å². The zero-order chi connectivity index (χ0) is 12.6. The van der Waals surface area contributed by atoms with Gasteiger partial charge in [0.05, 0.1) is 13.3 Å². The van der Waals surface area contributed by atoms with Crippen LogP contribution in [0.5, 0.6) is 5.88 Å². The molecule has 0 atom stereocenters. The lowest BCUT2D eigenvalue weighted by Gasteiger charge is -2.20. The number of rotatable bonds is 1. The van der Waals surface area contributed by atoms with E-state index in [-0.39, 0.29) is 5.41 Å². The van der Waals surface area contributed by atoms with Gasteiger partial charge in [-0.1, -0.05) is 20.8 Å². The Balaban J connectivity index is 2.86. The Bertz CT molecular complexity index is 599. The van der Waals surface area contributed by atoms with Gasteiger partial charge in [-0.05, 0) is 17.5 Å². The van der Waals surface area contributed by atoms with Crippen molar-refractivity contribution in [1.29, 1.82) is 5.26 Å². The molecule has 0 fully saturated rings. The number of hydrogen-bond acceptors (Lipinski definition) is 3. The second-order valence-corrected chi connectivity index (χ2v) is 4.95. The van der Waals surface area contributed by atoms with Gasteiger partial charge in [0, 0.05) is 5.56 Å². The molecule has 0 unspecified atom stereocenters. The zero-order valence-corrected chi connectivity index (χ0v) is 10.5. The molecule has 2 aromatic rings. The summed E-state index contributed by atoms with van der Waals surface area (Å²) in [5.41, 5.74) is 2.35. The van der Waals surface area contributed by atoms with Gasteiger partial charge >= 0.3 is 0 Å². The minimum Gasteiger partial charge on any atom is -0.482 e. The van der Waals surface area contributed by atoms with Crippen LogP contribution >= 0.6 is 0 Å². The van der Waals surface area contributed by atoms with Crippen LogP contribution < -0.4 is 4.74 Å². The van der Waals surface area contributed by atoms with Crippen molar-refractivity contribution < 1.29 is 4.74 Å². The zero-order valence-electron chi connectivity index (χ0n) is 10.5. The molecule has 0 amide bonds. The smallest absolute Gasteiger partial charge is 0.200 e. The lowest BCUT2D eigenvalue weighted by atomic mass is 9.88. The summed E-state index contributed by atoms with van der Waals surface area (Å²) in [4.78, 5) is 4.32. The third-order valence-corrected chi connectivity index (χ3v) is 2.75. The van der Waals surface area contributed by atoms with Crippen LogP contribution in [-0.4, -0.2) is 16.5 Å². The predicted molar refractivity (Wildman–Crippen MR) is 65.2 cm³/mol. The van der Waals surface area contributed by atoms with Crippen LogP contribution in [0.4, 0.5) is 0 Å². The fraction of sp³-hybridized carbons (Fsp3) is 0.385. The van der Waals surface area contributed by atoms with Gasteiger partial charge in [-0.15, -0.1) is 0 Å².